The Hall–Kier alpha value is -0.700. The topological polar surface area (TPSA) is 17.1 Å². The first-order valence-electron chi connectivity index (χ1n) is 4.45. The van der Waals surface area contributed by atoms with Crippen molar-refractivity contribution in [3.05, 3.63) is 33.0 Å². The molecule has 0 spiro atoms. The summed E-state index contributed by atoms with van der Waals surface area (Å²) >= 11 is 3.37. The third kappa shape index (κ3) is 2.21. The van der Waals surface area contributed by atoms with Gasteiger partial charge in [0.05, 0.1) is 0 Å². The first-order chi connectivity index (χ1) is 6.57. The van der Waals surface area contributed by atoms with Crippen molar-refractivity contribution in [2.45, 2.75) is 26.7 Å². The van der Waals surface area contributed by atoms with E-state index in [4.69, 9.17) is 0 Å². The molecule has 0 aromatic heterocycles. The fourth-order valence-corrected chi connectivity index (χ4v) is 1.99. The van der Waals surface area contributed by atoms with E-state index in [1.807, 2.05) is 6.92 Å². The number of carbonyl (C=O) groups is 1. The van der Waals surface area contributed by atoms with Crippen LogP contribution in [0.25, 0.3) is 0 Å². The molecule has 0 N–H and O–H groups in total. The fourth-order valence-electron chi connectivity index (χ4n) is 1.41. The second kappa shape index (κ2) is 4.69. The van der Waals surface area contributed by atoms with Crippen LogP contribution in [0.15, 0.2) is 10.5 Å². The monoisotopic (exact) mass is 258 g/mol. The zero-order chi connectivity index (χ0) is 10.7. The van der Waals surface area contributed by atoms with Crippen molar-refractivity contribution in [2.75, 3.05) is 0 Å². The van der Waals surface area contributed by atoms with Gasteiger partial charge < -0.3 is 4.79 Å². The quantitative estimate of drug-likeness (QED) is 0.761. The molecule has 0 atom stereocenters. The SMILES string of the molecule is Cc1cc(Br)c(C)c(CCC=O)c1F. The Kier molecular flexibility index (Phi) is 3.81. The van der Waals surface area contributed by atoms with Crippen molar-refractivity contribution in [1.29, 1.82) is 0 Å². The van der Waals surface area contributed by atoms with Gasteiger partial charge in [-0.2, -0.15) is 0 Å². The van der Waals surface area contributed by atoms with Gasteiger partial charge in [0, 0.05) is 10.9 Å². The molecule has 1 nitrogen and oxygen atoms in total. The van der Waals surface area contributed by atoms with Crippen molar-refractivity contribution < 1.29 is 9.18 Å². The molecule has 0 aliphatic heterocycles. The summed E-state index contributed by atoms with van der Waals surface area (Å²) in [5, 5.41) is 0. The molecule has 0 unspecified atom stereocenters. The summed E-state index contributed by atoms with van der Waals surface area (Å²) in [6.07, 6.45) is 1.66. The molecule has 0 heterocycles. The van der Waals surface area contributed by atoms with E-state index in [2.05, 4.69) is 15.9 Å². The second-order valence-electron chi connectivity index (χ2n) is 3.30. The van der Waals surface area contributed by atoms with Crippen LogP contribution in [0.1, 0.15) is 23.1 Å². The van der Waals surface area contributed by atoms with E-state index in [0.717, 1.165) is 16.3 Å². The number of rotatable bonds is 3. The molecular weight excluding hydrogens is 247 g/mol. The number of aldehydes is 1. The van der Waals surface area contributed by atoms with Crippen LogP contribution in [0, 0.1) is 19.7 Å². The van der Waals surface area contributed by atoms with Gasteiger partial charge in [-0.1, -0.05) is 15.9 Å². The zero-order valence-corrected chi connectivity index (χ0v) is 9.82. The minimum absolute atomic E-state index is 0.187. The lowest BCUT2D eigenvalue weighted by Gasteiger charge is -2.10. The average molecular weight is 259 g/mol. The van der Waals surface area contributed by atoms with Crippen LogP contribution in [-0.2, 0) is 11.2 Å². The summed E-state index contributed by atoms with van der Waals surface area (Å²) in [6, 6.07) is 1.76. The van der Waals surface area contributed by atoms with Gasteiger partial charge >= 0.3 is 0 Å². The van der Waals surface area contributed by atoms with Crippen LogP contribution >= 0.6 is 15.9 Å². The van der Waals surface area contributed by atoms with E-state index >= 15 is 0 Å². The number of hydrogen-bond acceptors (Lipinski definition) is 1. The highest BCUT2D eigenvalue weighted by Gasteiger charge is 2.11. The third-order valence-corrected chi connectivity index (χ3v) is 3.10. The average Bonchev–Trinajstić information content (AvgIpc) is 2.15. The van der Waals surface area contributed by atoms with Gasteiger partial charge in [0.15, 0.2) is 0 Å². The summed E-state index contributed by atoms with van der Waals surface area (Å²) < 4.78 is 14.5. The van der Waals surface area contributed by atoms with Crippen LogP contribution in [0.5, 0.6) is 0 Å². The molecule has 14 heavy (non-hydrogen) atoms. The van der Waals surface area contributed by atoms with Crippen LogP contribution < -0.4 is 0 Å². The van der Waals surface area contributed by atoms with Gasteiger partial charge in [0.25, 0.3) is 0 Å². The Morgan fingerprint density at radius 2 is 2.14 bits per heavy atom. The van der Waals surface area contributed by atoms with Gasteiger partial charge in [-0.15, -0.1) is 0 Å². The molecule has 3 heteroatoms. The van der Waals surface area contributed by atoms with Gasteiger partial charge in [-0.05, 0) is 43.0 Å². The Morgan fingerprint density at radius 1 is 1.50 bits per heavy atom. The predicted molar refractivity (Wildman–Crippen MR) is 58.0 cm³/mol. The number of aryl methyl sites for hydroxylation is 1. The predicted octanol–water partition coefficient (Wildman–Crippen LogP) is 3.34. The van der Waals surface area contributed by atoms with Crippen LogP contribution in [0.2, 0.25) is 0 Å². The Bertz CT molecular complexity index is 335. The Labute approximate surface area is 91.5 Å². The van der Waals surface area contributed by atoms with Crippen LogP contribution in [0.3, 0.4) is 0 Å². The van der Waals surface area contributed by atoms with Crippen molar-refractivity contribution >= 4 is 22.2 Å². The highest BCUT2D eigenvalue weighted by molar-refractivity contribution is 9.10. The third-order valence-electron chi connectivity index (χ3n) is 2.28. The van der Waals surface area contributed by atoms with E-state index in [-0.39, 0.29) is 5.82 Å². The largest absolute Gasteiger partial charge is 0.303 e. The summed E-state index contributed by atoms with van der Waals surface area (Å²) in [7, 11) is 0. The maximum atomic E-state index is 13.6. The first-order valence-corrected chi connectivity index (χ1v) is 5.25. The van der Waals surface area contributed by atoms with E-state index < -0.39 is 0 Å². The molecule has 0 aliphatic rings. The zero-order valence-electron chi connectivity index (χ0n) is 8.23. The van der Waals surface area contributed by atoms with Crippen molar-refractivity contribution in [3.8, 4) is 0 Å². The van der Waals surface area contributed by atoms with Crippen molar-refractivity contribution in [2.24, 2.45) is 0 Å². The van der Waals surface area contributed by atoms with Crippen LogP contribution in [0.4, 0.5) is 4.39 Å². The minimum Gasteiger partial charge on any atom is -0.303 e. The van der Waals surface area contributed by atoms with E-state index in [1.165, 1.54) is 0 Å². The number of benzene rings is 1. The molecule has 0 saturated heterocycles. The van der Waals surface area contributed by atoms with Crippen molar-refractivity contribution in [1.82, 2.24) is 0 Å². The summed E-state index contributed by atoms with van der Waals surface area (Å²) in [5.41, 5.74) is 2.14. The standard InChI is InChI=1S/C11H12BrFO/c1-7-6-10(12)8(2)9(11(7)13)4-3-5-14/h5-6H,3-4H2,1-2H3. The maximum Gasteiger partial charge on any atom is 0.129 e. The molecule has 0 saturated carbocycles. The first kappa shape index (κ1) is 11.4. The highest BCUT2D eigenvalue weighted by Crippen LogP contribution is 2.26. The number of halogens is 2. The van der Waals surface area contributed by atoms with Gasteiger partial charge in [-0.3, -0.25) is 0 Å². The normalized spacial score (nSPS) is 10.3. The molecule has 0 fully saturated rings. The molecule has 1 aromatic rings. The van der Waals surface area contributed by atoms with Gasteiger partial charge in [0.2, 0.25) is 0 Å². The molecule has 1 aromatic carbocycles. The summed E-state index contributed by atoms with van der Waals surface area (Å²) in [4.78, 5) is 10.2. The van der Waals surface area contributed by atoms with Crippen LogP contribution in [-0.4, -0.2) is 6.29 Å². The minimum atomic E-state index is -0.187. The number of hydrogen-bond donors (Lipinski definition) is 0. The van der Waals surface area contributed by atoms with Crippen molar-refractivity contribution in [3.63, 3.8) is 0 Å². The van der Waals surface area contributed by atoms with E-state index in [0.29, 0.717) is 24.0 Å². The fraction of sp³-hybridized carbons (Fsp3) is 0.364. The molecule has 0 bridgehead atoms. The van der Waals surface area contributed by atoms with Gasteiger partial charge in [0.1, 0.15) is 12.1 Å². The molecule has 1 rings (SSSR count). The molecule has 0 radical (unpaired) electrons. The lowest BCUT2D eigenvalue weighted by molar-refractivity contribution is -0.107. The second-order valence-corrected chi connectivity index (χ2v) is 4.15. The summed E-state index contributed by atoms with van der Waals surface area (Å²) in [5.74, 6) is -0.187. The lowest BCUT2D eigenvalue weighted by atomic mass is 10.0. The van der Waals surface area contributed by atoms with E-state index in [9.17, 15) is 9.18 Å². The molecule has 76 valence electrons. The highest BCUT2D eigenvalue weighted by atomic mass is 79.9. The number of carbonyl (C=O) groups excluding carboxylic acids is 1. The Balaban J connectivity index is 3.17. The molecular formula is C11H12BrFO. The maximum absolute atomic E-state index is 13.6. The molecule has 0 aliphatic carbocycles. The van der Waals surface area contributed by atoms with Gasteiger partial charge in [-0.25, -0.2) is 4.39 Å². The Morgan fingerprint density at radius 3 is 2.71 bits per heavy atom. The lowest BCUT2D eigenvalue weighted by Crippen LogP contribution is -1.99. The smallest absolute Gasteiger partial charge is 0.129 e. The van der Waals surface area contributed by atoms with E-state index in [1.54, 1.807) is 13.0 Å². The molecule has 0 amide bonds. The summed E-state index contributed by atoms with van der Waals surface area (Å²) in [6.45, 7) is 3.58.